The maximum atomic E-state index is 11.5. The Morgan fingerprint density at radius 1 is 1.21 bits per heavy atom. The molecule has 1 heterocycles. The number of allylic oxidation sites excluding steroid dienone is 1. The van der Waals surface area contributed by atoms with Crippen LogP contribution in [0.15, 0.2) is 62.7 Å². The minimum Gasteiger partial charge on any atom is -0.459 e. The zero-order valence-electron chi connectivity index (χ0n) is 9.92. The molecule has 4 nitrogen and oxygen atoms in total. The first-order valence-corrected chi connectivity index (χ1v) is 6.34. The molecule has 2 aromatic rings. The van der Waals surface area contributed by atoms with Gasteiger partial charge in [-0.1, -0.05) is 30.3 Å². The highest BCUT2D eigenvalue weighted by Crippen LogP contribution is 2.09. The maximum absolute atomic E-state index is 11.5. The van der Waals surface area contributed by atoms with Crippen LogP contribution in [0.5, 0.6) is 0 Å². The largest absolute Gasteiger partial charge is 0.459 e. The fraction of sp³-hybridized carbons (Fsp3) is 0. The molecule has 0 spiro atoms. The summed E-state index contributed by atoms with van der Waals surface area (Å²) in [5, 5.41) is 3.82. The minimum atomic E-state index is -0.388. The number of halogens is 1. The third-order valence-electron chi connectivity index (χ3n) is 2.20. The molecule has 1 aromatic carbocycles. The average molecular weight is 319 g/mol. The van der Waals surface area contributed by atoms with Crippen molar-refractivity contribution >= 4 is 34.1 Å². The van der Waals surface area contributed by atoms with E-state index in [4.69, 9.17) is 4.42 Å². The van der Waals surface area contributed by atoms with Gasteiger partial charge < -0.3 is 4.42 Å². The molecule has 0 saturated carbocycles. The van der Waals surface area contributed by atoms with E-state index in [-0.39, 0.29) is 11.7 Å². The van der Waals surface area contributed by atoms with E-state index in [0.29, 0.717) is 0 Å². The molecule has 0 saturated heterocycles. The summed E-state index contributed by atoms with van der Waals surface area (Å²) in [6, 6.07) is 13.0. The van der Waals surface area contributed by atoms with Crippen molar-refractivity contribution < 1.29 is 9.21 Å². The normalized spacial score (nSPS) is 11.7. The number of hydrogen-bond donors (Lipinski definition) is 1. The van der Waals surface area contributed by atoms with Crippen molar-refractivity contribution in [2.75, 3.05) is 0 Å². The highest BCUT2D eigenvalue weighted by molar-refractivity contribution is 9.12. The summed E-state index contributed by atoms with van der Waals surface area (Å²) in [5.74, 6) is -0.165. The third-order valence-corrected chi connectivity index (χ3v) is 2.64. The van der Waals surface area contributed by atoms with Gasteiger partial charge in [0.1, 0.15) is 0 Å². The molecular weight excluding hydrogens is 308 g/mol. The monoisotopic (exact) mass is 318 g/mol. The van der Waals surface area contributed by atoms with Crippen LogP contribution in [0, 0.1) is 0 Å². The van der Waals surface area contributed by atoms with Crippen LogP contribution in [-0.2, 0) is 0 Å². The maximum Gasteiger partial charge on any atom is 0.307 e. The average Bonchev–Trinajstić information content (AvgIpc) is 2.93. The van der Waals surface area contributed by atoms with E-state index in [1.807, 2.05) is 36.4 Å². The van der Waals surface area contributed by atoms with Gasteiger partial charge in [0.05, 0.1) is 12.5 Å². The number of rotatable bonds is 4. The molecule has 0 atom stereocenters. The van der Waals surface area contributed by atoms with E-state index in [9.17, 15) is 4.79 Å². The van der Waals surface area contributed by atoms with Crippen LogP contribution in [0.2, 0.25) is 0 Å². The van der Waals surface area contributed by atoms with Crippen molar-refractivity contribution in [2.45, 2.75) is 0 Å². The number of benzene rings is 1. The lowest BCUT2D eigenvalue weighted by molar-refractivity contribution is 0.0927. The zero-order valence-corrected chi connectivity index (χ0v) is 11.5. The second-order valence-corrected chi connectivity index (χ2v) is 4.53. The molecule has 0 bridgehead atoms. The number of carbonyl (C=O) groups is 1. The quantitative estimate of drug-likeness (QED) is 0.693. The van der Waals surface area contributed by atoms with Crippen LogP contribution in [-0.4, -0.2) is 12.1 Å². The van der Waals surface area contributed by atoms with Gasteiger partial charge in [-0.05, 0) is 39.7 Å². The standard InChI is InChI=1S/C14H11BrN2O2/c15-12(9-11-5-2-1-3-6-11)10-16-17-14(18)13-7-4-8-19-13/h1-10H,(H,17,18)/b12-9-,16-10-. The van der Waals surface area contributed by atoms with Crippen molar-refractivity contribution in [1.29, 1.82) is 0 Å². The molecule has 0 aliphatic rings. The van der Waals surface area contributed by atoms with E-state index in [0.717, 1.165) is 10.0 Å². The molecule has 96 valence electrons. The van der Waals surface area contributed by atoms with Crippen molar-refractivity contribution in [3.05, 3.63) is 64.5 Å². The predicted octanol–water partition coefficient (Wildman–Crippen LogP) is 3.43. The summed E-state index contributed by atoms with van der Waals surface area (Å²) in [6.07, 6.45) is 4.83. The number of furan rings is 1. The van der Waals surface area contributed by atoms with Crippen LogP contribution in [0.25, 0.3) is 6.08 Å². The number of hydrazone groups is 1. The smallest absolute Gasteiger partial charge is 0.307 e. The summed E-state index contributed by atoms with van der Waals surface area (Å²) < 4.78 is 5.68. The lowest BCUT2D eigenvalue weighted by atomic mass is 10.2. The number of carbonyl (C=O) groups excluding carboxylic acids is 1. The molecule has 1 aromatic heterocycles. The van der Waals surface area contributed by atoms with Gasteiger partial charge in [0.25, 0.3) is 0 Å². The molecule has 1 N–H and O–H groups in total. The van der Waals surface area contributed by atoms with Crippen molar-refractivity contribution in [2.24, 2.45) is 5.10 Å². The number of nitrogens with zero attached hydrogens (tertiary/aromatic N) is 1. The topological polar surface area (TPSA) is 54.6 Å². The van der Waals surface area contributed by atoms with E-state index in [1.165, 1.54) is 12.5 Å². The van der Waals surface area contributed by atoms with Crippen LogP contribution in [0.3, 0.4) is 0 Å². The highest BCUT2D eigenvalue weighted by Gasteiger charge is 2.05. The van der Waals surface area contributed by atoms with Gasteiger partial charge in [0.2, 0.25) is 0 Å². The Balaban J connectivity index is 1.92. The number of nitrogens with one attached hydrogen (secondary N) is 1. The van der Waals surface area contributed by atoms with Gasteiger partial charge in [0.15, 0.2) is 5.76 Å². The lowest BCUT2D eigenvalue weighted by Gasteiger charge is -1.95. The van der Waals surface area contributed by atoms with Gasteiger partial charge in [-0.25, -0.2) is 5.43 Å². The van der Waals surface area contributed by atoms with Crippen LogP contribution >= 0.6 is 15.9 Å². The van der Waals surface area contributed by atoms with E-state index < -0.39 is 0 Å². The predicted molar refractivity (Wildman–Crippen MR) is 78.0 cm³/mol. The molecule has 0 fully saturated rings. The molecule has 1 amide bonds. The first-order chi connectivity index (χ1) is 9.25. The Morgan fingerprint density at radius 2 is 2.00 bits per heavy atom. The first-order valence-electron chi connectivity index (χ1n) is 5.55. The summed E-state index contributed by atoms with van der Waals surface area (Å²) in [5.41, 5.74) is 3.41. The van der Waals surface area contributed by atoms with Gasteiger partial charge in [-0.15, -0.1) is 0 Å². The molecule has 5 heteroatoms. The van der Waals surface area contributed by atoms with Crippen LogP contribution < -0.4 is 5.43 Å². The minimum absolute atomic E-state index is 0.223. The van der Waals surface area contributed by atoms with Gasteiger partial charge in [0, 0.05) is 4.48 Å². The van der Waals surface area contributed by atoms with Crippen LogP contribution in [0.1, 0.15) is 16.1 Å². The molecule has 0 aliphatic carbocycles. The van der Waals surface area contributed by atoms with E-state index in [2.05, 4.69) is 26.5 Å². The molecule has 0 radical (unpaired) electrons. The van der Waals surface area contributed by atoms with Crippen molar-refractivity contribution in [1.82, 2.24) is 5.43 Å². The lowest BCUT2D eigenvalue weighted by Crippen LogP contribution is -2.16. The fourth-order valence-electron chi connectivity index (χ4n) is 1.36. The van der Waals surface area contributed by atoms with E-state index in [1.54, 1.807) is 12.1 Å². The Bertz CT molecular complexity index is 589. The van der Waals surface area contributed by atoms with Gasteiger partial charge in [-0.2, -0.15) is 5.10 Å². The van der Waals surface area contributed by atoms with E-state index >= 15 is 0 Å². The highest BCUT2D eigenvalue weighted by atomic mass is 79.9. The molecule has 19 heavy (non-hydrogen) atoms. The molecular formula is C14H11BrN2O2. The number of hydrogen-bond acceptors (Lipinski definition) is 3. The molecule has 0 aliphatic heterocycles. The Hall–Kier alpha value is -2.14. The van der Waals surface area contributed by atoms with Gasteiger partial charge >= 0.3 is 5.91 Å². The summed E-state index contributed by atoms with van der Waals surface area (Å²) in [7, 11) is 0. The van der Waals surface area contributed by atoms with Gasteiger partial charge in [-0.3, -0.25) is 4.79 Å². The fourth-order valence-corrected chi connectivity index (χ4v) is 1.73. The van der Waals surface area contributed by atoms with Crippen molar-refractivity contribution in [3.63, 3.8) is 0 Å². The first kappa shape index (κ1) is 13.3. The Kier molecular flexibility index (Phi) is 4.69. The molecule has 2 rings (SSSR count). The zero-order chi connectivity index (χ0) is 13.5. The molecule has 0 unspecified atom stereocenters. The number of amides is 1. The van der Waals surface area contributed by atoms with Crippen molar-refractivity contribution in [3.8, 4) is 0 Å². The Morgan fingerprint density at radius 3 is 2.68 bits per heavy atom. The Labute approximate surface area is 118 Å². The third kappa shape index (κ3) is 4.22. The summed E-state index contributed by atoms with van der Waals surface area (Å²) >= 11 is 3.35. The summed E-state index contributed by atoms with van der Waals surface area (Å²) in [4.78, 5) is 11.5. The van der Waals surface area contributed by atoms with Crippen LogP contribution in [0.4, 0.5) is 0 Å². The SMILES string of the molecule is O=C(N/N=C\C(Br)=C\c1ccccc1)c1ccco1. The second kappa shape index (κ2) is 6.70. The second-order valence-electron chi connectivity index (χ2n) is 3.62. The summed E-state index contributed by atoms with van der Waals surface area (Å²) in [6.45, 7) is 0.